The standard InChI is InChI=1S/C14H26O6/c1-3-11(15)7-9-19-13(17)5-6-14(18)20-10-8-12(16)4-2/h11-12,15-16H,3-10H2,1-2H3. The first-order chi connectivity index (χ1) is 9.49. The second kappa shape index (κ2) is 11.7. The van der Waals surface area contributed by atoms with Crippen molar-refractivity contribution in [1.29, 1.82) is 0 Å². The highest BCUT2D eigenvalue weighted by atomic mass is 16.5. The van der Waals surface area contributed by atoms with Crippen molar-refractivity contribution in [2.24, 2.45) is 0 Å². The second-order valence-electron chi connectivity index (χ2n) is 4.64. The van der Waals surface area contributed by atoms with E-state index in [0.717, 1.165) is 0 Å². The normalized spacial score (nSPS) is 13.6. The molecule has 0 rings (SSSR count). The van der Waals surface area contributed by atoms with Crippen LogP contribution in [0, 0.1) is 0 Å². The average Bonchev–Trinajstić information content (AvgIpc) is 2.44. The fourth-order valence-corrected chi connectivity index (χ4v) is 1.37. The Hall–Kier alpha value is -1.14. The van der Waals surface area contributed by atoms with Gasteiger partial charge in [0.15, 0.2) is 0 Å². The number of aliphatic hydroxyl groups is 2. The summed E-state index contributed by atoms with van der Waals surface area (Å²) in [5.41, 5.74) is 0. The minimum atomic E-state index is -0.473. The van der Waals surface area contributed by atoms with Gasteiger partial charge in [0.05, 0.1) is 38.3 Å². The molecule has 20 heavy (non-hydrogen) atoms. The van der Waals surface area contributed by atoms with Gasteiger partial charge in [-0.3, -0.25) is 9.59 Å². The molecule has 0 spiro atoms. The van der Waals surface area contributed by atoms with E-state index in [4.69, 9.17) is 9.47 Å². The molecule has 6 heteroatoms. The minimum Gasteiger partial charge on any atom is -0.466 e. The molecule has 118 valence electrons. The Balaban J connectivity index is 3.56. The zero-order valence-corrected chi connectivity index (χ0v) is 12.3. The molecule has 6 nitrogen and oxygen atoms in total. The molecule has 0 aromatic heterocycles. The molecule has 2 unspecified atom stereocenters. The zero-order chi connectivity index (χ0) is 15.4. The van der Waals surface area contributed by atoms with Crippen LogP contribution in [-0.2, 0) is 19.1 Å². The van der Waals surface area contributed by atoms with Gasteiger partial charge >= 0.3 is 11.9 Å². The molecule has 0 aromatic carbocycles. The molecule has 0 heterocycles. The first-order valence-electron chi connectivity index (χ1n) is 7.16. The van der Waals surface area contributed by atoms with Gasteiger partial charge in [-0.1, -0.05) is 13.8 Å². The Labute approximate surface area is 120 Å². The highest BCUT2D eigenvalue weighted by molar-refractivity contribution is 5.77. The topological polar surface area (TPSA) is 93.1 Å². The van der Waals surface area contributed by atoms with E-state index in [0.29, 0.717) is 25.7 Å². The minimum absolute atomic E-state index is 0.0304. The Morgan fingerprint density at radius 3 is 1.50 bits per heavy atom. The van der Waals surface area contributed by atoms with Gasteiger partial charge in [0, 0.05) is 12.8 Å². The number of esters is 2. The number of aliphatic hydroxyl groups excluding tert-OH is 2. The molecule has 0 saturated carbocycles. The highest BCUT2D eigenvalue weighted by Gasteiger charge is 2.10. The Bertz CT molecular complexity index is 251. The van der Waals surface area contributed by atoms with Crippen molar-refractivity contribution in [3.05, 3.63) is 0 Å². The van der Waals surface area contributed by atoms with Gasteiger partial charge in [0.2, 0.25) is 0 Å². The third-order valence-corrected chi connectivity index (χ3v) is 2.90. The lowest BCUT2D eigenvalue weighted by atomic mass is 10.2. The van der Waals surface area contributed by atoms with Gasteiger partial charge in [-0.2, -0.15) is 0 Å². The number of hydrogen-bond acceptors (Lipinski definition) is 6. The van der Waals surface area contributed by atoms with Crippen molar-refractivity contribution >= 4 is 11.9 Å². The second-order valence-corrected chi connectivity index (χ2v) is 4.64. The number of carbonyl (C=O) groups is 2. The smallest absolute Gasteiger partial charge is 0.306 e. The molecule has 0 radical (unpaired) electrons. The van der Waals surface area contributed by atoms with Crippen molar-refractivity contribution in [1.82, 2.24) is 0 Å². The molecular weight excluding hydrogens is 264 g/mol. The van der Waals surface area contributed by atoms with Crippen LogP contribution in [-0.4, -0.2) is 47.6 Å². The van der Waals surface area contributed by atoms with Gasteiger partial charge in [-0.05, 0) is 12.8 Å². The van der Waals surface area contributed by atoms with Gasteiger partial charge in [-0.15, -0.1) is 0 Å². The van der Waals surface area contributed by atoms with Gasteiger partial charge in [0.25, 0.3) is 0 Å². The molecule has 2 atom stereocenters. The predicted octanol–water partition coefficient (Wildman–Crippen LogP) is 1.17. The molecule has 0 saturated heterocycles. The van der Waals surface area contributed by atoms with Crippen molar-refractivity contribution in [3.63, 3.8) is 0 Å². The largest absolute Gasteiger partial charge is 0.466 e. The van der Waals surface area contributed by atoms with Crippen LogP contribution in [0.15, 0.2) is 0 Å². The summed E-state index contributed by atoms with van der Waals surface area (Å²) in [6, 6.07) is 0. The van der Waals surface area contributed by atoms with Crippen molar-refractivity contribution in [2.45, 2.75) is 64.6 Å². The van der Waals surface area contributed by atoms with Crippen LogP contribution in [0.5, 0.6) is 0 Å². The third kappa shape index (κ3) is 10.8. The predicted molar refractivity (Wildman–Crippen MR) is 73.0 cm³/mol. The summed E-state index contributed by atoms with van der Waals surface area (Å²) in [6.07, 6.45) is 1.06. The molecule has 0 aliphatic carbocycles. The van der Waals surface area contributed by atoms with Crippen LogP contribution in [0.3, 0.4) is 0 Å². The van der Waals surface area contributed by atoms with Crippen LogP contribution >= 0.6 is 0 Å². The maximum absolute atomic E-state index is 11.3. The molecule has 0 aliphatic rings. The first-order valence-corrected chi connectivity index (χ1v) is 7.16. The monoisotopic (exact) mass is 290 g/mol. The average molecular weight is 290 g/mol. The van der Waals surface area contributed by atoms with E-state index in [1.54, 1.807) is 0 Å². The van der Waals surface area contributed by atoms with Crippen LogP contribution in [0.4, 0.5) is 0 Å². The molecule has 0 fully saturated rings. The first kappa shape index (κ1) is 18.9. The van der Waals surface area contributed by atoms with Gasteiger partial charge in [-0.25, -0.2) is 0 Å². The molecule has 0 amide bonds. The van der Waals surface area contributed by atoms with E-state index in [1.807, 2.05) is 13.8 Å². The van der Waals surface area contributed by atoms with E-state index in [9.17, 15) is 19.8 Å². The number of carbonyl (C=O) groups excluding carboxylic acids is 2. The molecular formula is C14H26O6. The van der Waals surface area contributed by atoms with E-state index in [1.165, 1.54) is 0 Å². The quantitative estimate of drug-likeness (QED) is 0.555. The lowest BCUT2D eigenvalue weighted by Crippen LogP contribution is -2.15. The summed E-state index contributed by atoms with van der Waals surface area (Å²) < 4.78 is 9.76. The maximum Gasteiger partial charge on any atom is 0.306 e. The van der Waals surface area contributed by atoms with Crippen molar-refractivity contribution in [3.8, 4) is 0 Å². The van der Waals surface area contributed by atoms with Crippen LogP contribution < -0.4 is 0 Å². The van der Waals surface area contributed by atoms with Crippen LogP contribution in [0.2, 0.25) is 0 Å². The SMILES string of the molecule is CCC(O)CCOC(=O)CCC(=O)OCCC(O)CC. The van der Waals surface area contributed by atoms with Gasteiger partial charge < -0.3 is 19.7 Å². The highest BCUT2D eigenvalue weighted by Crippen LogP contribution is 2.02. The Morgan fingerprint density at radius 2 is 1.20 bits per heavy atom. The van der Waals surface area contributed by atoms with E-state index >= 15 is 0 Å². The maximum atomic E-state index is 11.3. The fourth-order valence-electron chi connectivity index (χ4n) is 1.37. The summed E-state index contributed by atoms with van der Waals surface area (Å²) in [5, 5.41) is 18.5. The molecule has 0 aromatic rings. The summed E-state index contributed by atoms with van der Waals surface area (Å²) in [6.45, 7) is 4.01. The Morgan fingerprint density at radius 1 is 0.850 bits per heavy atom. The van der Waals surface area contributed by atoms with E-state index < -0.39 is 24.1 Å². The van der Waals surface area contributed by atoms with Crippen LogP contribution in [0.25, 0.3) is 0 Å². The Kier molecular flexibility index (Phi) is 11.0. The zero-order valence-electron chi connectivity index (χ0n) is 12.3. The van der Waals surface area contributed by atoms with Crippen LogP contribution in [0.1, 0.15) is 52.4 Å². The van der Waals surface area contributed by atoms with E-state index in [-0.39, 0.29) is 26.1 Å². The number of ether oxygens (including phenoxy) is 2. The fraction of sp³-hybridized carbons (Fsp3) is 0.857. The summed E-state index contributed by atoms with van der Waals surface area (Å²) >= 11 is 0. The molecule has 0 bridgehead atoms. The van der Waals surface area contributed by atoms with Gasteiger partial charge in [0.1, 0.15) is 0 Å². The summed E-state index contributed by atoms with van der Waals surface area (Å²) in [7, 11) is 0. The molecule has 0 aliphatic heterocycles. The summed E-state index contributed by atoms with van der Waals surface area (Å²) in [4.78, 5) is 22.6. The number of hydrogen-bond donors (Lipinski definition) is 2. The summed E-state index contributed by atoms with van der Waals surface area (Å²) in [5.74, 6) is -0.947. The molecule has 2 N–H and O–H groups in total. The van der Waals surface area contributed by atoms with Crippen molar-refractivity contribution in [2.75, 3.05) is 13.2 Å². The van der Waals surface area contributed by atoms with E-state index in [2.05, 4.69) is 0 Å². The lowest BCUT2D eigenvalue weighted by molar-refractivity contribution is -0.151. The number of rotatable bonds is 11. The lowest BCUT2D eigenvalue weighted by Gasteiger charge is -2.09. The van der Waals surface area contributed by atoms with Crippen molar-refractivity contribution < 1.29 is 29.3 Å². The third-order valence-electron chi connectivity index (χ3n) is 2.90.